The van der Waals surface area contributed by atoms with Crippen LogP contribution in [0.2, 0.25) is 0 Å². The fraction of sp³-hybridized carbons (Fsp3) is 0.227. The van der Waals surface area contributed by atoms with E-state index in [0.29, 0.717) is 71.6 Å². The normalized spacial score (nSPS) is 25.1. The molecule has 0 saturated heterocycles. The topological polar surface area (TPSA) is 112 Å². The van der Waals surface area contributed by atoms with Crippen LogP contribution in [0.4, 0.5) is 11.6 Å². The maximum atomic E-state index is 10.2. The molecular formula is C44H38N8O2Si. The predicted octanol–water partition coefficient (Wildman–Crippen LogP) is 8.07. The highest BCUT2D eigenvalue weighted by molar-refractivity contribution is 6.78. The van der Waals surface area contributed by atoms with Crippen LogP contribution in [-0.4, -0.2) is 72.3 Å². The number of methoxy groups -OCH3 is 1. The van der Waals surface area contributed by atoms with E-state index >= 15 is 0 Å². The molecule has 1 aromatic heterocycles. The van der Waals surface area contributed by atoms with E-state index in [9.17, 15) is 5.41 Å². The van der Waals surface area contributed by atoms with Crippen molar-refractivity contribution in [3.63, 3.8) is 0 Å². The molecule has 4 aliphatic heterocycles. The molecule has 2 aliphatic carbocycles. The molecule has 55 heavy (non-hydrogen) atoms. The van der Waals surface area contributed by atoms with Crippen LogP contribution >= 0.6 is 0 Å². The van der Waals surface area contributed by atoms with E-state index in [1.807, 2.05) is 66.9 Å². The van der Waals surface area contributed by atoms with Gasteiger partial charge >= 0.3 is 8.64 Å². The monoisotopic (exact) mass is 738 g/mol. The zero-order valence-electron chi connectivity index (χ0n) is 30.6. The molecule has 5 aromatic rings. The molecule has 11 heteroatoms. The van der Waals surface area contributed by atoms with E-state index in [4.69, 9.17) is 34.1 Å². The summed E-state index contributed by atoms with van der Waals surface area (Å²) in [6.07, 6.45) is 9.45. The summed E-state index contributed by atoms with van der Waals surface area (Å²) in [4.78, 5) is 26.5. The molecule has 1 saturated carbocycles. The Balaban J connectivity index is 1.29. The smallest absolute Gasteiger partial charge is 0.381 e. The predicted molar refractivity (Wildman–Crippen MR) is 220 cm³/mol. The van der Waals surface area contributed by atoms with Gasteiger partial charge in [-0.2, -0.15) is 0 Å². The third-order valence-corrected chi connectivity index (χ3v) is 16.3. The largest absolute Gasteiger partial charge is 0.463 e. The molecule has 1 N–H and O–H groups in total. The van der Waals surface area contributed by atoms with Crippen LogP contribution in [-0.2, 0) is 9.16 Å². The zero-order valence-corrected chi connectivity index (χ0v) is 31.6. The van der Waals surface area contributed by atoms with Crippen LogP contribution < -0.4 is 0 Å². The highest BCUT2D eigenvalue weighted by Gasteiger charge is 2.61. The summed E-state index contributed by atoms with van der Waals surface area (Å²) >= 11 is 0. The van der Waals surface area contributed by atoms with Crippen LogP contribution in [0.25, 0.3) is 10.8 Å². The van der Waals surface area contributed by atoms with Gasteiger partial charge in [0, 0.05) is 64.1 Å². The lowest BCUT2D eigenvalue weighted by molar-refractivity contribution is 0.100. The van der Waals surface area contributed by atoms with Gasteiger partial charge in [0.15, 0.2) is 17.5 Å². The van der Waals surface area contributed by atoms with E-state index in [1.54, 1.807) is 7.11 Å². The average Bonchev–Trinajstić information content (AvgIpc) is 4.09. The summed E-state index contributed by atoms with van der Waals surface area (Å²) in [6, 6.07) is 32.6. The lowest BCUT2D eigenvalue weighted by Gasteiger charge is -2.45. The minimum atomic E-state index is -3.95. The molecule has 10 nitrogen and oxygen atoms in total. The van der Waals surface area contributed by atoms with E-state index in [0.717, 1.165) is 57.0 Å². The molecule has 4 aromatic carbocycles. The Kier molecular flexibility index (Phi) is 7.29. The first-order valence-corrected chi connectivity index (χ1v) is 21.0. The van der Waals surface area contributed by atoms with Gasteiger partial charge in [-0.25, -0.2) is 25.0 Å². The second-order valence-electron chi connectivity index (χ2n) is 15.0. The van der Waals surface area contributed by atoms with Crippen LogP contribution in [0.15, 0.2) is 134 Å². The van der Waals surface area contributed by atoms with Crippen LogP contribution in [0.3, 0.4) is 0 Å². The first kappa shape index (κ1) is 32.5. The van der Waals surface area contributed by atoms with Crippen LogP contribution in [0.1, 0.15) is 59.6 Å². The first-order chi connectivity index (χ1) is 27.1. The highest BCUT2D eigenvalue weighted by Crippen LogP contribution is 2.48. The molecular weight excluding hydrogens is 701 g/mol. The van der Waals surface area contributed by atoms with Gasteiger partial charge in [-0.1, -0.05) is 116 Å². The molecule has 4 unspecified atom stereocenters. The number of benzene rings is 4. The summed E-state index contributed by atoms with van der Waals surface area (Å²) in [7, 11) is -2.19. The van der Waals surface area contributed by atoms with Crippen LogP contribution in [0, 0.1) is 23.2 Å². The molecule has 5 atom stereocenters. The molecule has 0 spiro atoms. The number of nitrogens with one attached hydrogen (secondary N) is 1. The maximum absolute atomic E-state index is 10.2. The standard InChI is InChI=1S/C44H38N8O2Si/c1-3-37(53-2)55(54-25-29-23-26-20-21-27(29)22-26)51-38(45)31-14-6-9-17-34(31)42(51)49-40-32-15-7-8-16-33(32)41(47-40)50-44-36-19-11-10-18-35(36)43(52(44)55)48-39-30-13-5-4-12-28(30)24-46-39/h4-21,24,26-27,29,37,45H,3,22-23,25H2,1-2H3/t26?,27?,29?,37-,55?/m1/s1. The van der Waals surface area contributed by atoms with E-state index in [2.05, 4.69) is 64.3 Å². The Morgan fingerprint density at radius 1 is 0.800 bits per heavy atom. The van der Waals surface area contributed by atoms with Gasteiger partial charge in [-0.15, -0.1) is 0 Å². The molecule has 4 bridgehead atoms. The molecule has 0 amide bonds. The number of allylic oxidation sites excluding steroid dienone is 2. The first-order valence-electron chi connectivity index (χ1n) is 19.1. The lowest BCUT2D eigenvalue weighted by Crippen LogP contribution is -2.71. The van der Waals surface area contributed by atoms with Crippen molar-refractivity contribution < 1.29 is 9.16 Å². The van der Waals surface area contributed by atoms with Crippen LogP contribution in [0.5, 0.6) is 0 Å². The van der Waals surface area contributed by atoms with Gasteiger partial charge in [-0.3, -0.25) is 14.2 Å². The van der Waals surface area contributed by atoms with Gasteiger partial charge < -0.3 is 9.16 Å². The van der Waals surface area contributed by atoms with E-state index in [1.165, 1.54) is 0 Å². The molecule has 270 valence electrons. The Morgan fingerprint density at radius 3 is 2.22 bits per heavy atom. The highest BCUT2D eigenvalue weighted by atomic mass is 28.4. The Bertz CT molecular complexity index is 2670. The number of ether oxygens (including phenoxy) is 1. The molecule has 1 fully saturated rings. The van der Waals surface area contributed by atoms with Crippen molar-refractivity contribution in [2.24, 2.45) is 42.7 Å². The van der Waals surface area contributed by atoms with Gasteiger partial charge in [0.25, 0.3) is 0 Å². The number of nitrogens with zero attached hydrogens (tertiary/aromatic N) is 7. The van der Waals surface area contributed by atoms with E-state index < -0.39 is 14.4 Å². The third-order valence-electron chi connectivity index (χ3n) is 12.1. The summed E-state index contributed by atoms with van der Waals surface area (Å²) < 4.78 is 18.8. The zero-order chi connectivity index (χ0) is 36.8. The van der Waals surface area contributed by atoms with Crippen molar-refractivity contribution in [3.8, 4) is 0 Å². The number of hydrogen-bond acceptors (Lipinski definition) is 7. The Labute approximate surface area is 319 Å². The number of hydrogen-bond donors (Lipinski definition) is 1. The summed E-state index contributed by atoms with van der Waals surface area (Å²) in [5.41, 5.74) is 4.92. The number of aliphatic imine (C=N–C) groups is 5. The SMILES string of the molecule is CC[C@H](OC)[Si]1(OCC2CC3C=CC2C3)N2C(=N)c3ccccc3C2=NC2=NC(=Nc3c4ccccc4c(N=C4N=Cc5ccccc54)n31)c1ccccc12. The van der Waals surface area contributed by atoms with Crippen molar-refractivity contribution in [2.45, 2.75) is 31.9 Å². The van der Waals surface area contributed by atoms with Crippen molar-refractivity contribution >= 4 is 66.4 Å². The fourth-order valence-corrected chi connectivity index (χ4v) is 14.0. The molecule has 6 aliphatic rings. The molecule has 5 heterocycles. The third kappa shape index (κ3) is 4.66. The molecule has 0 radical (unpaired) electrons. The number of fused-ring (bicyclic) bond motifs is 13. The summed E-state index contributed by atoms with van der Waals surface area (Å²) in [5.74, 6) is 5.36. The van der Waals surface area contributed by atoms with Crippen molar-refractivity contribution in [2.75, 3.05) is 13.7 Å². The van der Waals surface area contributed by atoms with Gasteiger partial charge in [0.05, 0.1) is 0 Å². The van der Waals surface area contributed by atoms with Gasteiger partial charge in [0.2, 0.25) is 0 Å². The fourth-order valence-electron chi connectivity index (χ4n) is 9.57. The quantitative estimate of drug-likeness (QED) is 0.135. The lowest BCUT2D eigenvalue weighted by atomic mass is 9.95. The summed E-state index contributed by atoms with van der Waals surface area (Å²) in [6.45, 7) is 2.63. The summed E-state index contributed by atoms with van der Waals surface area (Å²) in [5, 5.41) is 12.0. The average molecular weight is 739 g/mol. The van der Waals surface area contributed by atoms with E-state index in [-0.39, 0.29) is 0 Å². The Hall–Kier alpha value is -5.88. The minimum Gasteiger partial charge on any atom is -0.381 e. The Morgan fingerprint density at radius 2 is 1.49 bits per heavy atom. The number of aromatic nitrogens is 1. The molecule has 11 rings (SSSR count). The number of rotatable bonds is 7. The minimum absolute atomic E-state index is 0.313. The van der Waals surface area contributed by atoms with Crippen molar-refractivity contribution in [3.05, 3.63) is 143 Å². The van der Waals surface area contributed by atoms with Crippen molar-refractivity contribution in [1.29, 1.82) is 5.41 Å². The van der Waals surface area contributed by atoms with Gasteiger partial charge in [0.1, 0.15) is 29.0 Å². The van der Waals surface area contributed by atoms with Crippen molar-refractivity contribution in [1.82, 2.24) is 8.80 Å². The van der Waals surface area contributed by atoms with Gasteiger partial charge in [-0.05, 0) is 37.0 Å². The second-order valence-corrected chi connectivity index (χ2v) is 18.2. The second kappa shape index (κ2) is 12.3. The maximum Gasteiger partial charge on any atom is 0.463 e. The number of amidine groups is 5.